The van der Waals surface area contributed by atoms with Crippen molar-refractivity contribution in [2.24, 2.45) is 10.9 Å². The summed E-state index contributed by atoms with van der Waals surface area (Å²) in [6.45, 7) is 6.40. The third-order valence-electron chi connectivity index (χ3n) is 3.86. The minimum absolute atomic E-state index is 0.00169. The topological polar surface area (TPSA) is 99.2 Å². The summed E-state index contributed by atoms with van der Waals surface area (Å²) >= 11 is 0. The van der Waals surface area contributed by atoms with E-state index in [0.29, 0.717) is 6.42 Å². The van der Waals surface area contributed by atoms with Gasteiger partial charge in [0.1, 0.15) is 9.84 Å². The van der Waals surface area contributed by atoms with Gasteiger partial charge in [-0.2, -0.15) is 0 Å². The summed E-state index contributed by atoms with van der Waals surface area (Å²) in [5.41, 5.74) is 5.77. The quantitative estimate of drug-likeness (QED) is 0.282. The Hall–Kier alpha value is -0.860. The van der Waals surface area contributed by atoms with Gasteiger partial charge in [-0.05, 0) is 19.4 Å². The summed E-state index contributed by atoms with van der Waals surface area (Å²) in [5, 5.41) is 12.0. The Labute approximate surface area is 127 Å². The van der Waals surface area contributed by atoms with Crippen LogP contribution in [-0.4, -0.2) is 80.0 Å². The molecule has 3 N–H and O–H groups in total. The van der Waals surface area contributed by atoms with Gasteiger partial charge in [0.15, 0.2) is 5.84 Å². The molecule has 7 nitrogen and oxygen atoms in total. The lowest BCUT2D eigenvalue weighted by molar-refractivity contribution is 0.113. The maximum atomic E-state index is 11.1. The molecule has 1 aliphatic rings. The van der Waals surface area contributed by atoms with E-state index in [1.165, 1.54) is 6.26 Å². The molecule has 1 unspecified atom stereocenters. The van der Waals surface area contributed by atoms with Gasteiger partial charge >= 0.3 is 0 Å². The van der Waals surface area contributed by atoms with Crippen LogP contribution in [0.15, 0.2) is 5.16 Å². The van der Waals surface area contributed by atoms with E-state index in [2.05, 4.69) is 21.9 Å². The number of sulfone groups is 1. The Morgan fingerprint density at radius 1 is 1.33 bits per heavy atom. The molecule has 1 heterocycles. The highest BCUT2D eigenvalue weighted by Crippen LogP contribution is 2.12. The Balaban J connectivity index is 2.40. The van der Waals surface area contributed by atoms with Crippen molar-refractivity contribution in [3.8, 4) is 0 Å². The molecule has 1 aliphatic heterocycles. The molecule has 1 saturated heterocycles. The number of hydrogen-bond acceptors (Lipinski definition) is 6. The van der Waals surface area contributed by atoms with E-state index < -0.39 is 9.84 Å². The van der Waals surface area contributed by atoms with E-state index in [1.54, 1.807) is 0 Å². The molecule has 124 valence electrons. The summed E-state index contributed by atoms with van der Waals surface area (Å²) in [7, 11) is -2.87. The van der Waals surface area contributed by atoms with Gasteiger partial charge in [0.25, 0.3) is 0 Å². The van der Waals surface area contributed by atoms with Crippen molar-refractivity contribution >= 4 is 15.7 Å². The highest BCUT2D eigenvalue weighted by Gasteiger charge is 2.26. The van der Waals surface area contributed by atoms with E-state index in [1.807, 2.05) is 0 Å². The third kappa shape index (κ3) is 6.62. The van der Waals surface area contributed by atoms with Gasteiger partial charge in [0, 0.05) is 32.4 Å². The highest BCUT2D eigenvalue weighted by atomic mass is 32.2. The van der Waals surface area contributed by atoms with Gasteiger partial charge in [0.05, 0.1) is 11.8 Å². The van der Waals surface area contributed by atoms with Crippen molar-refractivity contribution in [3.63, 3.8) is 0 Å². The Bertz CT molecular complexity index is 431. The van der Waals surface area contributed by atoms with E-state index in [0.717, 1.165) is 45.6 Å². The summed E-state index contributed by atoms with van der Waals surface area (Å²) in [5.74, 6) is 0.526. The van der Waals surface area contributed by atoms with Gasteiger partial charge in [-0.1, -0.05) is 18.5 Å². The zero-order chi connectivity index (χ0) is 15.9. The van der Waals surface area contributed by atoms with E-state index in [4.69, 9.17) is 10.9 Å². The first-order chi connectivity index (χ1) is 9.87. The molecular formula is C13H28N4O3S. The average Bonchev–Trinajstić information content (AvgIpc) is 2.43. The van der Waals surface area contributed by atoms with Crippen LogP contribution in [-0.2, 0) is 9.84 Å². The molecule has 1 atom stereocenters. The molecule has 1 fully saturated rings. The highest BCUT2D eigenvalue weighted by molar-refractivity contribution is 7.90. The first-order valence-electron chi connectivity index (χ1n) is 7.49. The van der Waals surface area contributed by atoms with Crippen molar-refractivity contribution in [2.75, 3.05) is 44.7 Å². The van der Waals surface area contributed by atoms with Gasteiger partial charge in [-0.3, -0.25) is 4.90 Å². The van der Waals surface area contributed by atoms with Crippen LogP contribution in [0.4, 0.5) is 0 Å². The fourth-order valence-corrected chi connectivity index (χ4v) is 3.36. The van der Waals surface area contributed by atoms with E-state index in [9.17, 15) is 8.42 Å². The number of nitrogens with zero attached hydrogens (tertiary/aromatic N) is 3. The van der Waals surface area contributed by atoms with E-state index >= 15 is 0 Å². The molecule has 0 radical (unpaired) electrons. The number of piperazine rings is 1. The fraction of sp³-hybridized carbons (Fsp3) is 0.923. The van der Waals surface area contributed by atoms with Crippen molar-refractivity contribution in [2.45, 2.75) is 32.2 Å². The first kappa shape index (κ1) is 18.2. The summed E-state index contributed by atoms with van der Waals surface area (Å²) in [6, 6.07) is -0.00169. The normalized spacial score (nSPS) is 20.6. The lowest BCUT2D eigenvalue weighted by Crippen LogP contribution is -2.54. The van der Waals surface area contributed by atoms with Crippen LogP contribution in [0.1, 0.15) is 26.2 Å². The van der Waals surface area contributed by atoms with Crippen LogP contribution in [0.5, 0.6) is 0 Å². The summed E-state index contributed by atoms with van der Waals surface area (Å²) in [4.78, 5) is 4.52. The molecular weight excluding hydrogens is 292 g/mol. The Morgan fingerprint density at radius 2 is 1.95 bits per heavy atom. The van der Waals surface area contributed by atoms with Crippen molar-refractivity contribution < 1.29 is 13.6 Å². The molecule has 0 aromatic carbocycles. The Morgan fingerprint density at radius 3 is 2.43 bits per heavy atom. The van der Waals surface area contributed by atoms with Crippen LogP contribution >= 0.6 is 0 Å². The molecule has 0 spiro atoms. The second-order valence-corrected chi connectivity index (χ2v) is 7.95. The van der Waals surface area contributed by atoms with Crippen LogP contribution in [0.3, 0.4) is 0 Å². The lowest BCUT2D eigenvalue weighted by Gasteiger charge is -2.38. The zero-order valence-electron chi connectivity index (χ0n) is 13.0. The maximum Gasteiger partial charge on any atom is 0.156 e. The molecule has 1 rings (SSSR count). The monoisotopic (exact) mass is 320 g/mol. The third-order valence-corrected chi connectivity index (χ3v) is 4.89. The molecule has 0 aromatic heterocycles. The van der Waals surface area contributed by atoms with Gasteiger partial charge < -0.3 is 15.8 Å². The lowest BCUT2D eigenvalue weighted by atomic mass is 10.1. The number of amidine groups is 1. The molecule has 0 bridgehead atoms. The number of hydrogen-bond donors (Lipinski definition) is 2. The minimum Gasteiger partial charge on any atom is -0.409 e. The molecule has 21 heavy (non-hydrogen) atoms. The smallest absolute Gasteiger partial charge is 0.156 e. The van der Waals surface area contributed by atoms with Crippen molar-refractivity contribution in [3.05, 3.63) is 0 Å². The number of nitrogens with two attached hydrogens (primary N) is 1. The van der Waals surface area contributed by atoms with Crippen molar-refractivity contribution in [1.82, 2.24) is 9.80 Å². The summed E-state index contributed by atoms with van der Waals surface area (Å²) < 4.78 is 22.2. The van der Waals surface area contributed by atoms with Crippen LogP contribution < -0.4 is 5.73 Å². The van der Waals surface area contributed by atoms with Gasteiger partial charge in [-0.15, -0.1) is 0 Å². The number of rotatable bonds is 8. The second kappa shape index (κ2) is 8.55. The molecule has 0 aliphatic carbocycles. The maximum absolute atomic E-state index is 11.1. The van der Waals surface area contributed by atoms with Gasteiger partial charge in [0.2, 0.25) is 0 Å². The minimum atomic E-state index is -2.87. The molecule has 0 aromatic rings. The first-order valence-corrected chi connectivity index (χ1v) is 9.55. The molecule has 0 saturated carbocycles. The average molecular weight is 320 g/mol. The zero-order valence-corrected chi connectivity index (χ0v) is 13.8. The van der Waals surface area contributed by atoms with Gasteiger partial charge in [-0.25, -0.2) is 8.42 Å². The van der Waals surface area contributed by atoms with Crippen LogP contribution in [0.25, 0.3) is 0 Å². The number of oxime groups is 1. The van der Waals surface area contributed by atoms with E-state index in [-0.39, 0.29) is 17.6 Å². The largest absolute Gasteiger partial charge is 0.409 e. The standard InChI is InChI=1S/C13H28N4O3S/c1-3-5-12(13(14)15-18)17-9-7-16(8-10-17)6-4-11-21(2,19)20/h12,18H,3-11H2,1-2H3,(H2,14,15). The summed E-state index contributed by atoms with van der Waals surface area (Å²) in [6.07, 6.45) is 3.81. The SMILES string of the molecule is CCCC(C(N)=NO)N1CCN(CCCS(C)(=O)=O)CC1. The molecule has 8 heteroatoms. The molecule has 0 amide bonds. The fourth-order valence-electron chi connectivity index (χ4n) is 2.71. The van der Waals surface area contributed by atoms with Crippen LogP contribution in [0, 0.1) is 0 Å². The predicted octanol–water partition coefficient (Wildman–Crippen LogP) is -0.0462. The van der Waals surface area contributed by atoms with Crippen molar-refractivity contribution in [1.29, 1.82) is 0 Å². The Kier molecular flexibility index (Phi) is 7.41. The predicted molar refractivity (Wildman–Crippen MR) is 84.4 cm³/mol. The second-order valence-electron chi connectivity index (χ2n) is 5.69. The van der Waals surface area contributed by atoms with Crippen LogP contribution in [0.2, 0.25) is 0 Å².